The molecular formula is C10H13Cl2NO2S. The number of anilines is 1. The summed E-state index contributed by atoms with van der Waals surface area (Å²) in [5.74, 6) is 0.165. The second-order valence-electron chi connectivity index (χ2n) is 3.53. The van der Waals surface area contributed by atoms with E-state index in [9.17, 15) is 8.42 Å². The van der Waals surface area contributed by atoms with Gasteiger partial charge in [-0.1, -0.05) is 23.2 Å². The van der Waals surface area contributed by atoms with E-state index in [0.29, 0.717) is 23.0 Å². The average Bonchev–Trinajstić information content (AvgIpc) is 2.16. The summed E-state index contributed by atoms with van der Waals surface area (Å²) >= 11 is 11.7. The Bertz CT molecular complexity index is 460. The molecule has 6 heteroatoms. The zero-order valence-electron chi connectivity index (χ0n) is 8.83. The van der Waals surface area contributed by atoms with Gasteiger partial charge in [0.1, 0.15) is 9.84 Å². The molecule has 0 radical (unpaired) electrons. The molecular weight excluding hydrogens is 269 g/mol. The SMILES string of the molecule is CS(=O)(=O)CCCNc1cc(Cl)ccc1Cl. The molecule has 1 rings (SSSR count). The van der Waals surface area contributed by atoms with E-state index < -0.39 is 9.84 Å². The Morgan fingerprint density at radius 3 is 2.62 bits per heavy atom. The lowest BCUT2D eigenvalue weighted by Crippen LogP contribution is -2.09. The molecule has 0 spiro atoms. The molecule has 0 saturated heterocycles. The van der Waals surface area contributed by atoms with Crippen LogP contribution in [0, 0.1) is 0 Å². The predicted octanol–water partition coefficient (Wildman–Crippen LogP) is 2.84. The lowest BCUT2D eigenvalue weighted by Gasteiger charge is -2.08. The molecule has 90 valence electrons. The van der Waals surface area contributed by atoms with Crippen molar-refractivity contribution in [1.82, 2.24) is 0 Å². The minimum Gasteiger partial charge on any atom is -0.384 e. The Kier molecular flexibility index (Phi) is 4.89. The van der Waals surface area contributed by atoms with Crippen molar-refractivity contribution in [2.75, 3.05) is 23.9 Å². The topological polar surface area (TPSA) is 46.2 Å². The highest BCUT2D eigenvalue weighted by molar-refractivity contribution is 7.90. The van der Waals surface area contributed by atoms with E-state index in [1.165, 1.54) is 6.26 Å². The second-order valence-corrected chi connectivity index (χ2v) is 6.64. The molecule has 0 aromatic heterocycles. The molecule has 1 aromatic rings. The van der Waals surface area contributed by atoms with Gasteiger partial charge in [0.15, 0.2) is 0 Å². The lowest BCUT2D eigenvalue weighted by atomic mass is 10.3. The van der Waals surface area contributed by atoms with Gasteiger partial charge in [-0.05, 0) is 24.6 Å². The summed E-state index contributed by atoms with van der Waals surface area (Å²) in [6.45, 7) is 0.549. The normalized spacial score (nSPS) is 11.4. The van der Waals surface area contributed by atoms with Crippen LogP contribution in [0.3, 0.4) is 0 Å². The molecule has 0 aliphatic heterocycles. The molecule has 0 aliphatic rings. The maximum Gasteiger partial charge on any atom is 0.147 e. The summed E-state index contributed by atoms with van der Waals surface area (Å²) < 4.78 is 21.8. The fourth-order valence-electron chi connectivity index (χ4n) is 1.19. The van der Waals surface area contributed by atoms with Crippen molar-refractivity contribution in [2.24, 2.45) is 0 Å². The molecule has 3 nitrogen and oxygen atoms in total. The van der Waals surface area contributed by atoms with Gasteiger partial charge in [0, 0.05) is 17.8 Å². The molecule has 0 aliphatic carbocycles. The van der Waals surface area contributed by atoms with Crippen LogP contribution in [-0.4, -0.2) is 27.0 Å². The molecule has 1 aromatic carbocycles. The summed E-state index contributed by atoms with van der Waals surface area (Å²) in [6, 6.07) is 5.11. The fraction of sp³-hybridized carbons (Fsp3) is 0.400. The smallest absolute Gasteiger partial charge is 0.147 e. The molecule has 1 N–H and O–H groups in total. The van der Waals surface area contributed by atoms with Gasteiger partial charge in [0.05, 0.1) is 16.5 Å². The van der Waals surface area contributed by atoms with E-state index >= 15 is 0 Å². The highest BCUT2D eigenvalue weighted by atomic mass is 35.5. The lowest BCUT2D eigenvalue weighted by molar-refractivity contribution is 0.600. The minimum atomic E-state index is -2.90. The van der Waals surface area contributed by atoms with Crippen molar-refractivity contribution < 1.29 is 8.42 Å². The Morgan fingerprint density at radius 1 is 1.31 bits per heavy atom. The van der Waals surface area contributed by atoms with Crippen molar-refractivity contribution in [3.8, 4) is 0 Å². The maximum absolute atomic E-state index is 10.9. The first kappa shape index (κ1) is 13.6. The fourth-order valence-corrected chi connectivity index (χ4v) is 2.22. The first-order chi connectivity index (χ1) is 7.38. The van der Waals surface area contributed by atoms with Crippen LogP contribution in [0.2, 0.25) is 10.0 Å². The molecule has 16 heavy (non-hydrogen) atoms. The van der Waals surface area contributed by atoms with Crippen molar-refractivity contribution in [3.63, 3.8) is 0 Å². The van der Waals surface area contributed by atoms with Crippen LogP contribution in [0.4, 0.5) is 5.69 Å². The molecule has 0 fully saturated rings. The zero-order chi connectivity index (χ0) is 12.2. The van der Waals surface area contributed by atoms with Gasteiger partial charge in [-0.15, -0.1) is 0 Å². The van der Waals surface area contributed by atoms with Crippen molar-refractivity contribution in [1.29, 1.82) is 0 Å². The van der Waals surface area contributed by atoms with Gasteiger partial charge in [-0.3, -0.25) is 0 Å². The van der Waals surface area contributed by atoms with Crippen LogP contribution in [0.1, 0.15) is 6.42 Å². The first-order valence-electron chi connectivity index (χ1n) is 4.75. The van der Waals surface area contributed by atoms with Gasteiger partial charge >= 0.3 is 0 Å². The number of hydrogen-bond donors (Lipinski definition) is 1. The summed E-state index contributed by atoms with van der Waals surface area (Å²) in [5, 5.41) is 4.21. The number of benzene rings is 1. The van der Waals surface area contributed by atoms with Crippen LogP contribution in [-0.2, 0) is 9.84 Å². The molecule has 0 heterocycles. The van der Waals surface area contributed by atoms with Gasteiger partial charge in [0.25, 0.3) is 0 Å². The summed E-state index contributed by atoms with van der Waals surface area (Å²) in [4.78, 5) is 0. The average molecular weight is 282 g/mol. The molecule has 0 unspecified atom stereocenters. The zero-order valence-corrected chi connectivity index (χ0v) is 11.2. The van der Waals surface area contributed by atoms with E-state index in [1.54, 1.807) is 18.2 Å². The standard InChI is InChI=1S/C10H13Cl2NO2S/c1-16(14,15)6-2-5-13-10-7-8(11)3-4-9(10)12/h3-4,7,13H,2,5-6H2,1H3. The maximum atomic E-state index is 10.9. The molecule has 0 amide bonds. The minimum absolute atomic E-state index is 0.165. The second kappa shape index (κ2) is 5.75. The molecule has 0 atom stereocenters. The third-order valence-electron chi connectivity index (χ3n) is 1.94. The van der Waals surface area contributed by atoms with E-state index in [2.05, 4.69) is 5.32 Å². The highest BCUT2D eigenvalue weighted by Crippen LogP contribution is 2.25. The van der Waals surface area contributed by atoms with Crippen molar-refractivity contribution in [3.05, 3.63) is 28.2 Å². The number of sulfone groups is 1. The highest BCUT2D eigenvalue weighted by Gasteiger charge is 2.03. The van der Waals surface area contributed by atoms with Gasteiger partial charge in [-0.2, -0.15) is 0 Å². The first-order valence-corrected chi connectivity index (χ1v) is 7.57. The third kappa shape index (κ3) is 5.05. The van der Waals surface area contributed by atoms with Crippen molar-refractivity contribution >= 4 is 38.7 Å². The van der Waals surface area contributed by atoms with Gasteiger partial charge < -0.3 is 5.32 Å². The molecule has 0 saturated carbocycles. The number of rotatable bonds is 5. The Labute approximate surface area is 106 Å². The third-order valence-corrected chi connectivity index (χ3v) is 3.53. The summed E-state index contributed by atoms with van der Waals surface area (Å²) in [7, 11) is -2.90. The summed E-state index contributed by atoms with van der Waals surface area (Å²) in [6.07, 6.45) is 1.76. The Balaban J connectivity index is 2.46. The quantitative estimate of drug-likeness (QED) is 0.845. The number of hydrogen-bond acceptors (Lipinski definition) is 3. The number of nitrogens with one attached hydrogen (secondary N) is 1. The molecule has 0 bridgehead atoms. The van der Waals surface area contributed by atoms with Crippen LogP contribution < -0.4 is 5.32 Å². The van der Waals surface area contributed by atoms with E-state index in [-0.39, 0.29) is 5.75 Å². The van der Waals surface area contributed by atoms with Gasteiger partial charge in [-0.25, -0.2) is 8.42 Å². The van der Waals surface area contributed by atoms with E-state index in [0.717, 1.165) is 5.69 Å². The van der Waals surface area contributed by atoms with Crippen molar-refractivity contribution in [2.45, 2.75) is 6.42 Å². The Morgan fingerprint density at radius 2 is 2.00 bits per heavy atom. The van der Waals surface area contributed by atoms with Crippen LogP contribution in [0.5, 0.6) is 0 Å². The Hall–Kier alpha value is -0.450. The van der Waals surface area contributed by atoms with Crippen LogP contribution >= 0.6 is 23.2 Å². The van der Waals surface area contributed by atoms with E-state index in [4.69, 9.17) is 23.2 Å². The largest absolute Gasteiger partial charge is 0.384 e. The monoisotopic (exact) mass is 281 g/mol. The number of halogens is 2. The summed E-state index contributed by atoms with van der Waals surface area (Å²) in [5.41, 5.74) is 0.725. The predicted molar refractivity (Wildman–Crippen MR) is 69.3 cm³/mol. The van der Waals surface area contributed by atoms with Crippen LogP contribution in [0.15, 0.2) is 18.2 Å². The van der Waals surface area contributed by atoms with Gasteiger partial charge in [0.2, 0.25) is 0 Å². The van der Waals surface area contributed by atoms with E-state index in [1.807, 2.05) is 0 Å². The van der Waals surface area contributed by atoms with Crippen LogP contribution in [0.25, 0.3) is 0 Å².